The van der Waals surface area contributed by atoms with Crippen LogP contribution in [0.5, 0.6) is 5.75 Å². The molecule has 0 spiro atoms. The van der Waals surface area contributed by atoms with Crippen LogP contribution in [-0.4, -0.2) is 23.2 Å². The molecule has 2 N–H and O–H groups in total. The molecule has 0 aliphatic rings. The molecule has 94 valence electrons. The second-order valence-electron chi connectivity index (χ2n) is 3.40. The van der Waals surface area contributed by atoms with Crippen molar-refractivity contribution >= 4 is 34.9 Å². The predicted octanol–water partition coefficient (Wildman–Crippen LogP) is 2.98. The Morgan fingerprint density at radius 2 is 2.06 bits per heavy atom. The quantitative estimate of drug-likeness (QED) is 0.911. The molecule has 0 atom stereocenters. The Hall–Kier alpha value is -1.72. The van der Waals surface area contributed by atoms with E-state index >= 15 is 0 Å². The summed E-state index contributed by atoms with van der Waals surface area (Å²) in [7, 11) is 1.46. The van der Waals surface area contributed by atoms with Gasteiger partial charge in [-0.15, -0.1) is 0 Å². The van der Waals surface area contributed by atoms with E-state index in [1.54, 1.807) is 6.07 Å². The fourth-order valence-corrected chi connectivity index (χ4v) is 2.05. The van der Waals surface area contributed by atoms with E-state index in [1.807, 2.05) is 0 Å². The summed E-state index contributed by atoms with van der Waals surface area (Å²) in [5.41, 5.74) is 0.334. The smallest absolute Gasteiger partial charge is 0.256 e. The highest BCUT2D eigenvalue weighted by molar-refractivity contribution is 6.37. The van der Waals surface area contributed by atoms with Crippen molar-refractivity contribution in [1.29, 1.82) is 0 Å². The van der Waals surface area contributed by atoms with Gasteiger partial charge in [0.2, 0.25) is 0 Å². The Morgan fingerprint density at radius 1 is 1.39 bits per heavy atom. The second-order valence-corrected chi connectivity index (χ2v) is 4.21. The standard InChI is InChI=1S/C11H9Cl2N3O2/c1-18-10-7(12)4-6(5-8(10)13)11(17)15-9-2-3-14-16-9/h2-5H,1H3,(H2,14,15,16,17). The van der Waals surface area contributed by atoms with E-state index in [4.69, 9.17) is 27.9 Å². The Kier molecular flexibility index (Phi) is 3.74. The van der Waals surface area contributed by atoms with Crippen LogP contribution in [-0.2, 0) is 0 Å². The Labute approximate surface area is 113 Å². The Balaban J connectivity index is 2.26. The van der Waals surface area contributed by atoms with Crippen LogP contribution in [0.2, 0.25) is 10.0 Å². The first kappa shape index (κ1) is 12.7. The third-order valence-corrected chi connectivity index (χ3v) is 2.78. The van der Waals surface area contributed by atoms with Crippen LogP contribution in [0.15, 0.2) is 24.4 Å². The first-order valence-corrected chi connectivity index (χ1v) is 5.71. The van der Waals surface area contributed by atoms with Crippen LogP contribution in [0.3, 0.4) is 0 Å². The van der Waals surface area contributed by atoms with Gasteiger partial charge in [-0.05, 0) is 12.1 Å². The molecule has 1 aromatic carbocycles. The number of carbonyl (C=O) groups is 1. The molecule has 1 amide bonds. The molecule has 1 heterocycles. The van der Waals surface area contributed by atoms with Gasteiger partial charge in [0.25, 0.3) is 5.91 Å². The number of hydrogen-bond acceptors (Lipinski definition) is 3. The zero-order valence-corrected chi connectivity index (χ0v) is 10.8. The number of benzene rings is 1. The Morgan fingerprint density at radius 3 is 2.56 bits per heavy atom. The number of aromatic amines is 1. The van der Waals surface area contributed by atoms with Crippen molar-refractivity contribution in [1.82, 2.24) is 10.2 Å². The van der Waals surface area contributed by atoms with Gasteiger partial charge in [-0.3, -0.25) is 9.89 Å². The number of nitrogens with one attached hydrogen (secondary N) is 2. The highest BCUT2D eigenvalue weighted by atomic mass is 35.5. The van der Waals surface area contributed by atoms with Gasteiger partial charge in [-0.25, -0.2) is 0 Å². The van der Waals surface area contributed by atoms with Crippen molar-refractivity contribution in [2.24, 2.45) is 0 Å². The van der Waals surface area contributed by atoms with Gasteiger partial charge in [-0.1, -0.05) is 23.2 Å². The summed E-state index contributed by atoms with van der Waals surface area (Å²) >= 11 is 11.9. The summed E-state index contributed by atoms with van der Waals surface area (Å²) in [6, 6.07) is 4.60. The fraction of sp³-hybridized carbons (Fsp3) is 0.0909. The number of amides is 1. The molecular weight excluding hydrogens is 277 g/mol. The number of hydrogen-bond donors (Lipinski definition) is 2. The highest BCUT2D eigenvalue weighted by Gasteiger charge is 2.13. The van der Waals surface area contributed by atoms with E-state index < -0.39 is 0 Å². The summed E-state index contributed by atoms with van der Waals surface area (Å²) < 4.78 is 5.00. The first-order chi connectivity index (χ1) is 8.61. The predicted molar refractivity (Wildman–Crippen MR) is 69.6 cm³/mol. The number of ether oxygens (including phenoxy) is 1. The van der Waals surface area contributed by atoms with Gasteiger partial charge in [-0.2, -0.15) is 5.10 Å². The minimum atomic E-state index is -0.342. The SMILES string of the molecule is COc1c(Cl)cc(C(=O)Nc2ccn[nH]2)cc1Cl. The van der Waals surface area contributed by atoms with Crippen LogP contribution >= 0.6 is 23.2 Å². The van der Waals surface area contributed by atoms with E-state index in [1.165, 1.54) is 25.4 Å². The first-order valence-electron chi connectivity index (χ1n) is 4.95. The number of rotatable bonds is 3. The van der Waals surface area contributed by atoms with Gasteiger partial charge >= 0.3 is 0 Å². The van der Waals surface area contributed by atoms with Gasteiger partial charge < -0.3 is 10.1 Å². The number of halogens is 2. The molecule has 1 aromatic heterocycles. The van der Waals surface area contributed by atoms with Crippen molar-refractivity contribution in [2.45, 2.75) is 0 Å². The molecule has 2 rings (SSSR count). The van der Waals surface area contributed by atoms with E-state index in [-0.39, 0.29) is 16.0 Å². The molecule has 2 aromatic rings. The zero-order valence-electron chi connectivity index (χ0n) is 9.33. The number of carbonyl (C=O) groups excluding carboxylic acids is 1. The molecule has 18 heavy (non-hydrogen) atoms. The van der Waals surface area contributed by atoms with Gasteiger partial charge in [0.1, 0.15) is 5.82 Å². The zero-order chi connectivity index (χ0) is 13.1. The lowest BCUT2D eigenvalue weighted by Crippen LogP contribution is -2.12. The molecule has 0 fully saturated rings. The Bertz CT molecular complexity index is 547. The summed E-state index contributed by atoms with van der Waals surface area (Å²) in [5, 5.41) is 9.51. The lowest BCUT2D eigenvalue weighted by molar-refractivity contribution is 0.102. The summed E-state index contributed by atoms with van der Waals surface area (Å²) in [4.78, 5) is 11.9. The van der Waals surface area contributed by atoms with Gasteiger partial charge in [0.05, 0.1) is 23.4 Å². The molecule has 0 bridgehead atoms. The molecule has 0 aliphatic heterocycles. The largest absolute Gasteiger partial charge is 0.494 e. The summed E-state index contributed by atoms with van der Waals surface area (Å²) in [6.45, 7) is 0. The third kappa shape index (κ3) is 2.57. The fourth-order valence-electron chi connectivity index (χ4n) is 1.41. The molecule has 0 saturated carbocycles. The van der Waals surface area contributed by atoms with Crippen molar-refractivity contribution in [3.05, 3.63) is 40.0 Å². The monoisotopic (exact) mass is 285 g/mol. The maximum Gasteiger partial charge on any atom is 0.256 e. The lowest BCUT2D eigenvalue weighted by atomic mass is 10.2. The molecule has 0 radical (unpaired) electrons. The van der Waals surface area contributed by atoms with Crippen LogP contribution in [0.1, 0.15) is 10.4 Å². The number of nitrogens with zero attached hydrogens (tertiary/aromatic N) is 1. The minimum Gasteiger partial charge on any atom is -0.494 e. The van der Waals surface area contributed by atoms with E-state index in [0.29, 0.717) is 17.1 Å². The highest BCUT2D eigenvalue weighted by Crippen LogP contribution is 2.33. The average molecular weight is 286 g/mol. The van der Waals surface area contributed by atoms with E-state index in [9.17, 15) is 4.79 Å². The molecule has 0 aliphatic carbocycles. The van der Waals surface area contributed by atoms with Crippen molar-refractivity contribution in [3.63, 3.8) is 0 Å². The summed E-state index contributed by atoms with van der Waals surface area (Å²) in [6.07, 6.45) is 1.53. The van der Waals surface area contributed by atoms with Gasteiger partial charge in [0.15, 0.2) is 5.75 Å². The second kappa shape index (κ2) is 5.29. The van der Waals surface area contributed by atoms with Gasteiger partial charge in [0, 0.05) is 11.6 Å². The van der Waals surface area contributed by atoms with Crippen molar-refractivity contribution in [3.8, 4) is 5.75 Å². The van der Waals surface area contributed by atoms with Crippen LogP contribution in [0.4, 0.5) is 5.82 Å². The van der Waals surface area contributed by atoms with Crippen molar-refractivity contribution < 1.29 is 9.53 Å². The van der Waals surface area contributed by atoms with Crippen LogP contribution in [0.25, 0.3) is 0 Å². The van der Waals surface area contributed by atoms with E-state index in [0.717, 1.165) is 0 Å². The molecule has 0 unspecified atom stereocenters. The summed E-state index contributed by atoms with van der Waals surface area (Å²) in [5.74, 6) is 0.491. The normalized spacial score (nSPS) is 10.2. The maximum absolute atomic E-state index is 11.9. The van der Waals surface area contributed by atoms with E-state index in [2.05, 4.69) is 15.5 Å². The molecule has 5 nitrogen and oxygen atoms in total. The van der Waals surface area contributed by atoms with Crippen molar-refractivity contribution in [2.75, 3.05) is 12.4 Å². The van der Waals surface area contributed by atoms with Crippen LogP contribution in [0, 0.1) is 0 Å². The third-order valence-electron chi connectivity index (χ3n) is 2.21. The minimum absolute atomic E-state index is 0.278. The molecular formula is C11H9Cl2N3O2. The number of H-pyrrole nitrogens is 1. The number of anilines is 1. The number of aromatic nitrogens is 2. The topological polar surface area (TPSA) is 67.0 Å². The average Bonchev–Trinajstić information content (AvgIpc) is 2.81. The molecule has 0 saturated heterocycles. The molecule has 7 heteroatoms. The maximum atomic E-state index is 11.9. The lowest BCUT2D eigenvalue weighted by Gasteiger charge is -2.08. The number of methoxy groups -OCH3 is 1. The van der Waals surface area contributed by atoms with Crippen LogP contribution < -0.4 is 10.1 Å².